The van der Waals surface area contributed by atoms with Gasteiger partial charge in [0, 0.05) is 13.1 Å². The molecule has 0 radical (unpaired) electrons. The smallest absolute Gasteiger partial charge is 0.310 e. The number of rotatable bonds is 6. The maximum Gasteiger partial charge on any atom is 0.310 e. The molecule has 0 spiro atoms. The number of halogens is 2. The van der Waals surface area contributed by atoms with Gasteiger partial charge in [-0.15, -0.1) is 24.0 Å². The van der Waals surface area contributed by atoms with Crippen LogP contribution in [0.4, 0.5) is 4.39 Å². The van der Waals surface area contributed by atoms with Crippen molar-refractivity contribution in [3.63, 3.8) is 0 Å². The van der Waals surface area contributed by atoms with Crippen molar-refractivity contribution in [2.24, 2.45) is 10.9 Å². The Hall–Kier alpha value is -1.38. The number of hydrogen-bond acceptors (Lipinski definition) is 3. The van der Waals surface area contributed by atoms with Gasteiger partial charge in [-0.25, -0.2) is 9.38 Å². The van der Waals surface area contributed by atoms with Crippen LogP contribution >= 0.6 is 24.0 Å². The van der Waals surface area contributed by atoms with E-state index < -0.39 is 0 Å². The molecule has 22 heavy (non-hydrogen) atoms. The number of methoxy groups -OCH3 is 1. The van der Waals surface area contributed by atoms with E-state index in [0.717, 1.165) is 5.56 Å². The van der Waals surface area contributed by atoms with Gasteiger partial charge in [-0.1, -0.05) is 19.1 Å². The summed E-state index contributed by atoms with van der Waals surface area (Å²) < 4.78 is 17.5. The largest absolute Gasteiger partial charge is 0.469 e. The molecule has 1 aromatic rings. The normalized spacial score (nSPS) is 12.1. The van der Waals surface area contributed by atoms with Gasteiger partial charge in [-0.05, 0) is 24.6 Å². The Morgan fingerprint density at radius 2 is 1.95 bits per heavy atom. The predicted molar refractivity (Wildman–Crippen MR) is 95.8 cm³/mol. The molecule has 0 aromatic heterocycles. The average Bonchev–Trinajstić information content (AvgIpc) is 2.50. The minimum atomic E-state index is -0.267. The number of aliphatic imine (C=N–C) groups is 1. The van der Waals surface area contributed by atoms with Gasteiger partial charge in [0.1, 0.15) is 5.82 Å². The van der Waals surface area contributed by atoms with Crippen LogP contribution < -0.4 is 10.6 Å². The number of nitrogens with one attached hydrogen (secondary N) is 2. The van der Waals surface area contributed by atoms with Crippen LogP contribution in [0.3, 0.4) is 0 Å². The van der Waals surface area contributed by atoms with Gasteiger partial charge in [0.15, 0.2) is 5.96 Å². The fourth-order valence-electron chi connectivity index (χ4n) is 1.64. The second kappa shape index (κ2) is 11.2. The molecule has 0 amide bonds. The van der Waals surface area contributed by atoms with E-state index in [1.807, 2.05) is 6.92 Å². The van der Waals surface area contributed by atoms with Crippen molar-refractivity contribution in [2.45, 2.75) is 20.4 Å². The monoisotopic (exact) mass is 423 g/mol. The summed E-state index contributed by atoms with van der Waals surface area (Å²) in [7, 11) is 1.37. The lowest BCUT2D eigenvalue weighted by Gasteiger charge is -2.14. The highest BCUT2D eigenvalue weighted by Gasteiger charge is 2.13. The van der Waals surface area contributed by atoms with Crippen LogP contribution in [0.1, 0.15) is 19.4 Å². The molecule has 0 aliphatic rings. The Morgan fingerprint density at radius 3 is 2.50 bits per heavy atom. The third kappa shape index (κ3) is 7.58. The Bertz CT molecular complexity index is 480. The second-order valence-corrected chi connectivity index (χ2v) is 4.63. The topological polar surface area (TPSA) is 62.7 Å². The van der Waals surface area contributed by atoms with E-state index in [9.17, 15) is 9.18 Å². The predicted octanol–water partition coefficient (Wildman–Crippen LogP) is 2.31. The van der Waals surface area contributed by atoms with Crippen molar-refractivity contribution >= 4 is 35.9 Å². The van der Waals surface area contributed by atoms with Gasteiger partial charge in [0.05, 0.1) is 19.6 Å². The first kappa shape index (κ1) is 20.6. The third-order valence-electron chi connectivity index (χ3n) is 2.86. The summed E-state index contributed by atoms with van der Waals surface area (Å²) in [6, 6.07) is 6.20. The van der Waals surface area contributed by atoms with Crippen LogP contribution in [0.25, 0.3) is 0 Å². The lowest BCUT2D eigenvalue weighted by atomic mass is 10.2. The molecule has 1 atom stereocenters. The van der Waals surface area contributed by atoms with Crippen molar-refractivity contribution < 1.29 is 13.9 Å². The van der Waals surface area contributed by atoms with Crippen molar-refractivity contribution in [1.82, 2.24) is 10.6 Å². The summed E-state index contributed by atoms with van der Waals surface area (Å²) in [5.74, 6) is -0.182. The van der Waals surface area contributed by atoms with Crippen LogP contribution in [0.2, 0.25) is 0 Å². The molecule has 7 heteroatoms. The van der Waals surface area contributed by atoms with Gasteiger partial charge < -0.3 is 15.4 Å². The van der Waals surface area contributed by atoms with Crippen LogP contribution in [-0.2, 0) is 16.1 Å². The Morgan fingerprint density at radius 1 is 1.32 bits per heavy atom. The van der Waals surface area contributed by atoms with E-state index in [0.29, 0.717) is 25.6 Å². The van der Waals surface area contributed by atoms with Gasteiger partial charge in [0.2, 0.25) is 0 Å². The SMILES string of the molecule is CCNC(=NCc1ccc(F)cc1)NCC(C)C(=O)OC.I. The summed E-state index contributed by atoms with van der Waals surface area (Å²) in [4.78, 5) is 15.7. The van der Waals surface area contributed by atoms with E-state index >= 15 is 0 Å². The van der Waals surface area contributed by atoms with Crippen LogP contribution in [-0.4, -0.2) is 32.1 Å². The molecule has 0 saturated heterocycles. The van der Waals surface area contributed by atoms with Crippen molar-refractivity contribution in [2.75, 3.05) is 20.2 Å². The van der Waals surface area contributed by atoms with Crippen molar-refractivity contribution in [3.8, 4) is 0 Å². The lowest BCUT2D eigenvalue weighted by Crippen LogP contribution is -2.40. The third-order valence-corrected chi connectivity index (χ3v) is 2.86. The summed E-state index contributed by atoms with van der Waals surface area (Å²) in [6.07, 6.45) is 0. The van der Waals surface area contributed by atoms with Gasteiger partial charge in [0.25, 0.3) is 0 Å². The molecule has 0 heterocycles. The number of esters is 1. The summed E-state index contributed by atoms with van der Waals surface area (Å²) in [5, 5.41) is 6.17. The standard InChI is InChI=1S/C15H22FN3O2.HI/c1-4-17-15(18-9-11(2)14(20)21-3)19-10-12-5-7-13(16)8-6-12;/h5-8,11H,4,9-10H2,1-3H3,(H2,17,18,19);1H. The molecule has 1 rings (SSSR count). The Balaban J connectivity index is 0.00000441. The van der Waals surface area contributed by atoms with E-state index in [-0.39, 0.29) is 41.7 Å². The van der Waals surface area contributed by atoms with E-state index in [1.54, 1.807) is 19.1 Å². The maximum atomic E-state index is 12.8. The molecular formula is C15H23FIN3O2. The molecule has 2 N–H and O–H groups in total. The Labute approximate surface area is 147 Å². The van der Waals surface area contributed by atoms with E-state index in [1.165, 1.54) is 19.2 Å². The highest BCUT2D eigenvalue weighted by Crippen LogP contribution is 2.04. The zero-order valence-corrected chi connectivity index (χ0v) is 15.4. The molecule has 0 aliphatic heterocycles. The molecule has 0 bridgehead atoms. The molecule has 1 aromatic carbocycles. The first-order valence-corrected chi connectivity index (χ1v) is 6.91. The second-order valence-electron chi connectivity index (χ2n) is 4.63. The molecular weight excluding hydrogens is 400 g/mol. The molecule has 0 aliphatic carbocycles. The zero-order valence-electron chi connectivity index (χ0n) is 13.1. The molecule has 0 fully saturated rings. The number of ether oxygens (including phenoxy) is 1. The van der Waals surface area contributed by atoms with Crippen LogP contribution in [0.15, 0.2) is 29.3 Å². The zero-order chi connectivity index (χ0) is 15.7. The van der Waals surface area contributed by atoms with Gasteiger partial charge in [-0.2, -0.15) is 0 Å². The minimum Gasteiger partial charge on any atom is -0.469 e. The summed E-state index contributed by atoms with van der Waals surface area (Å²) in [6.45, 7) is 5.31. The van der Waals surface area contributed by atoms with Crippen LogP contribution in [0.5, 0.6) is 0 Å². The highest BCUT2D eigenvalue weighted by molar-refractivity contribution is 14.0. The number of nitrogens with zero attached hydrogens (tertiary/aromatic N) is 1. The summed E-state index contributed by atoms with van der Waals surface area (Å²) >= 11 is 0. The minimum absolute atomic E-state index is 0. The first-order chi connectivity index (χ1) is 10.1. The quantitative estimate of drug-likeness (QED) is 0.319. The Kier molecular flexibility index (Phi) is 10.5. The maximum absolute atomic E-state index is 12.8. The van der Waals surface area contributed by atoms with E-state index in [2.05, 4.69) is 20.4 Å². The fraction of sp³-hybridized carbons (Fsp3) is 0.467. The number of guanidine groups is 1. The van der Waals surface area contributed by atoms with Crippen molar-refractivity contribution in [3.05, 3.63) is 35.6 Å². The average molecular weight is 423 g/mol. The van der Waals surface area contributed by atoms with Gasteiger partial charge in [-0.3, -0.25) is 4.79 Å². The molecule has 1 unspecified atom stereocenters. The van der Waals surface area contributed by atoms with Gasteiger partial charge >= 0.3 is 5.97 Å². The summed E-state index contributed by atoms with van der Waals surface area (Å²) in [5.41, 5.74) is 0.912. The number of carbonyl (C=O) groups excluding carboxylic acids is 1. The number of hydrogen-bond donors (Lipinski definition) is 2. The first-order valence-electron chi connectivity index (χ1n) is 6.91. The fourth-order valence-corrected chi connectivity index (χ4v) is 1.64. The molecule has 124 valence electrons. The number of carbonyl (C=O) groups is 1. The highest BCUT2D eigenvalue weighted by atomic mass is 127. The van der Waals surface area contributed by atoms with Crippen LogP contribution in [0, 0.1) is 11.7 Å². The lowest BCUT2D eigenvalue weighted by molar-refractivity contribution is -0.144. The number of benzene rings is 1. The molecule has 0 saturated carbocycles. The van der Waals surface area contributed by atoms with Crippen molar-refractivity contribution in [1.29, 1.82) is 0 Å². The van der Waals surface area contributed by atoms with E-state index in [4.69, 9.17) is 0 Å². The molecule has 5 nitrogen and oxygen atoms in total.